The van der Waals surface area contributed by atoms with E-state index in [9.17, 15) is 5.11 Å². The van der Waals surface area contributed by atoms with Crippen LogP contribution in [0.15, 0.2) is 11.7 Å². The number of methoxy groups -OCH3 is 2. The first kappa shape index (κ1) is 10.6. The van der Waals surface area contributed by atoms with Crippen molar-refractivity contribution in [2.24, 2.45) is 0 Å². The molecule has 74 valence electrons. The van der Waals surface area contributed by atoms with E-state index in [1.807, 2.05) is 0 Å². The second kappa shape index (κ2) is 5.29. The molecular formula is C8H13NO3S. The molecule has 4 nitrogen and oxygen atoms in total. The minimum Gasteiger partial charge on any atom is -0.387 e. The monoisotopic (exact) mass is 203 g/mol. The molecule has 5 heteroatoms. The van der Waals surface area contributed by atoms with Crippen LogP contribution >= 0.6 is 11.3 Å². The Bertz CT molecular complexity index is 223. The highest BCUT2D eigenvalue weighted by molar-refractivity contribution is 7.09. The van der Waals surface area contributed by atoms with E-state index in [2.05, 4.69) is 4.98 Å². The maximum atomic E-state index is 9.61. The molecule has 1 unspecified atom stereocenters. The number of thiazole rings is 1. The van der Waals surface area contributed by atoms with Crippen LogP contribution in [-0.4, -0.2) is 36.7 Å². The first-order valence-corrected chi connectivity index (χ1v) is 4.77. The zero-order valence-electron chi connectivity index (χ0n) is 7.64. The molecule has 0 saturated heterocycles. The normalized spacial score (nSPS) is 13.5. The fraction of sp³-hybridized carbons (Fsp3) is 0.625. The molecule has 1 aromatic heterocycles. The van der Waals surface area contributed by atoms with Gasteiger partial charge in [-0.05, 0) is 0 Å². The highest BCUT2D eigenvalue weighted by Gasteiger charge is 2.18. The summed E-state index contributed by atoms with van der Waals surface area (Å²) in [6, 6.07) is 0. The zero-order chi connectivity index (χ0) is 9.68. The van der Waals surface area contributed by atoms with Crippen LogP contribution in [0.1, 0.15) is 4.88 Å². The van der Waals surface area contributed by atoms with Crippen molar-refractivity contribution in [2.45, 2.75) is 18.8 Å². The van der Waals surface area contributed by atoms with Gasteiger partial charge in [-0.1, -0.05) is 0 Å². The molecule has 0 amide bonds. The van der Waals surface area contributed by atoms with Crippen LogP contribution in [0.2, 0.25) is 0 Å². The van der Waals surface area contributed by atoms with Crippen molar-refractivity contribution in [1.82, 2.24) is 4.98 Å². The molecule has 0 aliphatic carbocycles. The lowest BCUT2D eigenvalue weighted by Crippen LogP contribution is -2.31. The molecule has 0 radical (unpaired) electrons. The molecule has 0 aliphatic heterocycles. The minimum atomic E-state index is -0.643. The molecule has 0 saturated carbocycles. The van der Waals surface area contributed by atoms with Gasteiger partial charge in [0.15, 0.2) is 6.29 Å². The quantitative estimate of drug-likeness (QED) is 0.714. The summed E-state index contributed by atoms with van der Waals surface area (Å²) in [7, 11) is 3.01. The summed E-state index contributed by atoms with van der Waals surface area (Å²) in [6.45, 7) is 0. The Morgan fingerprint density at radius 3 is 2.69 bits per heavy atom. The lowest BCUT2D eigenvalue weighted by Gasteiger charge is -2.18. The molecular weight excluding hydrogens is 190 g/mol. The number of aliphatic hydroxyl groups is 1. The molecule has 1 aromatic rings. The lowest BCUT2D eigenvalue weighted by molar-refractivity contribution is -0.163. The Kier molecular flexibility index (Phi) is 4.31. The predicted molar refractivity (Wildman–Crippen MR) is 49.6 cm³/mol. The maximum Gasteiger partial charge on any atom is 0.183 e. The van der Waals surface area contributed by atoms with Crippen LogP contribution in [0, 0.1) is 0 Å². The number of ether oxygens (including phenoxy) is 2. The SMILES string of the molecule is COC(OC)C(O)Cc1cncs1. The number of hydrogen-bond donors (Lipinski definition) is 1. The summed E-state index contributed by atoms with van der Waals surface area (Å²) < 4.78 is 9.84. The van der Waals surface area contributed by atoms with Gasteiger partial charge in [0.2, 0.25) is 0 Å². The van der Waals surface area contributed by atoms with Gasteiger partial charge in [-0.15, -0.1) is 11.3 Å². The van der Waals surface area contributed by atoms with Gasteiger partial charge in [0.25, 0.3) is 0 Å². The van der Waals surface area contributed by atoms with Gasteiger partial charge in [-0.25, -0.2) is 0 Å². The summed E-state index contributed by atoms with van der Waals surface area (Å²) in [5.41, 5.74) is 1.73. The van der Waals surface area contributed by atoms with Crippen molar-refractivity contribution >= 4 is 11.3 Å². The van der Waals surface area contributed by atoms with Gasteiger partial charge in [0.1, 0.15) is 6.10 Å². The van der Waals surface area contributed by atoms with E-state index in [1.54, 1.807) is 11.7 Å². The fourth-order valence-electron chi connectivity index (χ4n) is 1.06. The third kappa shape index (κ3) is 3.04. The summed E-state index contributed by atoms with van der Waals surface area (Å²) in [5.74, 6) is 0. The van der Waals surface area contributed by atoms with E-state index in [1.165, 1.54) is 25.6 Å². The summed E-state index contributed by atoms with van der Waals surface area (Å²) >= 11 is 1.51. The summed E-state index contributed by atoms with van der Waals surface area (Å²) in [4.78, 5) is 4.93. The highest BCUT2D eigenvalue weighted by atomic mass is 32.1. The van der Waals surface area contributed by atoms with E-state index in [0.29, 0.717) is 6.42 Å². The predicted octanol–water partition coefficient (Wildman–Crippen LogP) is 0.665. The second-order valence-corrected chi connectivity index (χ2v) is 3.55. The highest BCUT2D eigenvalue weighted by Crippen LogP contribution is 2.11. The van der Waals surface area contributed by atoms with E-state index in [-0.39, 0.29) is 0 Å². The van der Waals surface area contributed by atoms with Crippen molar-refractivity contribution in [3.8, 4) is 0 Å². The Morgan fingerprint density at radius 2 is 2.23 bits per heavy atom. The fourth-order valence-corrected chi connectivity index (χ4v) is 1.70. The Balaban J connectivity index is 2.44. The van der Waals surface area contributed by atoms with Crippen molar-refractivity contribution in [1.29, 1.82) is 0 Å². The van der Waals surface area contributed by atoms with Crippen LogP contribution in [0.4, 0.5) is 0 Å². The van der Waals surface area contributed by atoms with Crippen LogP contribution in [0.3, 0.4) is 0 Å². The third-order valence-electron chi connectivity index (χ3n) is 1.67. The molecule has 1 rings (SSSR count). The first-order valence-electron chi connectivity index (χ1n) is 3.89. The Morgan fingerprint density at radius 1 is 1.54 bits per heavy atom. The average molecular weight is 203 g/mol. The van der Waals surface area contributed by atoms with E-state index in [4.69, 9.17) is 9.47 Å². The third-order valence-corrected chi connectivity index (χ3v) is 2.47. The minimum absolute atomic E-state index is 0.511. The van der Waals surface area contributed by atoms with Crippen LogP contribution in [-0.2, 0) is 15.9 Å². The molecule has 0 aromatic carbocycles. The average Bonchev–Trinajstić information content (AvgIpc) is 2.59. The van der Waals surface area contributed by atoms with Crippen LogP contribution in [0.25, 0.3) is 0 Å². The van der Waals surface area contributed by atoms with E-state index >= 15 is 0 Å². The van der Waals surface area contributed by atoms with Gasteiger partial charge in [0.05, 0.1) is 5.51 Å². The first-order chi connectivity index (χ1) is 6.27. The topological polar surface area (TPSA) is 51.6 Å². The van der Waals surface area contributed by atoms with Crippen molar-refractivity contribution in [3.05, 3.63) is 16.6 Å². The van der Waals surface area contributed by atoms with Gasteiger partial charge < -0.3 is 14.6 Å². The second-order valence-electron chi connectivity index (χ2n) is 2.58. The van der Waals surface area contributed by atoms with Crippen molar-refractivity contribution in [3.63, 3.8) is 0 Å². The smallest absolute Gasteiger partial charge is 0.183 e. The van der Waals surface area contributed by atoms with Crippen molar-refractivity contribution < 1.29 is 14.6 Å². The standard InChI is InChI=1S/C8H13NO3S/c1-11-8(12-2)7(10)3-6-4-9-5-13-6/h4-5,7-8,10H,3H2,1-2H3. The molecule has 1 N–H and O–H groups in total. The largest absolute Gasteiger partial charge is 0.387 e. The molecule has 0 spiro atoms. The molecule has 1 atom stereocenters. The number of aromatic nitrogens is 1. The number of nitrogens with zero attached hydrogens (tertiary/aromatic N) is 1. The van der Waals surface area contributed by atoms with Gasteiger partial charge in [0, 0.05) is 31.7 Å². The molecule has 1 heterocycles. The maximum absolute atomic E-state index is 9.61. The molecule has 0 bridgehead atoms. The molecule has 13 heavy (non-hydrogen) atoms. The Hall–Kier alpha value is -0.490. The number of hydrogen-bond acceptors (Lipinski definition) is 5. The van der Waals surface area contributed by atoms with E-state index < -0.39 is 12.4 Å². The van der Waals surface area contributed by atoms with Crippen LogP contribution < -0.4 is 0 Å². The van der Waals surface area contributed by atoms with Gasteiger partial charge in [-0.2, -0.15) is 0 Å². The Labute approximate surface area is 81.1 Å². The summed E-state index contributed by atoms with van der Waals surface area (Å²) in [6.07, 6.45) is 1.03. The van der Waals surface area contributed by atoms with Crippen molar-refractivity contribution in [2.75, 3.05) is 14.2 Å². The molecule has 0 fully saturated rings. The van der Waals surface area contributed by atoms with Gasteiger partial charge in [-0.3, -0.25) is 4.98 Å². The number of aliphatic hydroxyl groups excluding tert-OH is 1. The van der Waals surface area contributed by atoms with Crippen LogP contribution in [0.5, 0.6) is 0 Å². The molecule has 0 aliphatic rings. The summed E-state index contributed by atoms with van der Waals surface area (Å²) in [5, 5.41) is 9.61. The number of rotatable bonds is 5. The zero-order valence-corrected chi connectivity index (χ0v) is 8.45. The lowest BCUT2D eigenvalue weighted by atomic mass is 10.2. The van der Waals surface area contributed by atoms with E-state index in [0.717, 1.165) is 4.88 Å². The van der Waals surface area contributed by atoms with Gasteiger partial charge >= 0.3 is 0 Å².